The summed E-state index contributed by atoms with van der Waals surface area (Å²) in [6.45, 7) is 0. The maximum atomic E-state index is 11.5. The van der Waals surface area contributed by atoms with Gasteiger partial charge in [0.15, 0.2) is 0 Å². The molecule has 4 nitrogen and oxygen atoms in total. The molecule has 4 rings (SSSR count). The van der Waals surface area contributed by atoms with Crippen molar-refractivity contribution >= 4 is 28.4 Å². The Kier molecular flexibility index (Phi) is 4.60. The average Bonchev–Trinajstić information content (AvgIpc) is 2.73. The first-order valence-electron chi connectivity index (χ1n) is 8.45. The van der Waals surface area contributed by atoms with Crippen LogP contribution in [0.5, 0.6) is 0 Å². The van der Waals surface area contributed by atoms with Crippen LogP contribution in [0.25, 0.3) is 33.2 Å². The number of nitrogens with zero attached hydrogens (tertiary/aromatic N) is 2. The molecule has 0 aliphatic rings. The molecule has 0 radical (unpaired) electrons. The zero-order valence-corrected chi connectivity index (χ0v) is 15.4. The Morgan fingerprint density at radius 3 is 2.30 bits per heavy atom. The van der Waals surface area contributed by atoms with Gasteiger partial charge < -0.3 is 0 Å². The summed E-state index contributed by atoms with van der Waals surface area (Å²) in [4.78, 5) is 16.9. The van der Waals surface area contributed by atoms with Crippen LogP contribution < -0.4 is 0 Å². The third kappa shape index (κ3) is 3.06. The summed E-state index contributed by atoms with van der Waals surface area (Å²) >= 11 is 1.69. The number of aromatic nitrogens is 1. The molecule has 0 aliphatic carbocycles. The Morgan fingerprint density at radius 1 is 0.815 bits per heavy atom. The van der Waals surface area contributed by atoms with E-state index in [0.717, 1.165) is 27.6 Å². The summed E-state index contributed by atoms with van der Waals surface area (Å²) in [7, 11) is 0. The lowest BCUT2D eigenvalue weighted by Gasteiger charge is -2.13. The highest BCUT2D eigenvalue weighted by molar-refractivity contribution is 7.98. The second-order valence-electron chi connectivity index (χ2n) is 6.03. The van der Waals surface area contributed by atoms with E-state index >= 15 is 0 Å². The molecular weight excluding hydrogens is 356 g/mol. The molecule has 4 aromatic rings. The lowest BCUT2D eigenvalue weighted by atomic mass is 9.94. The van der Waals surface area contributed by atoms with Gasteiger partial charge >= 0.3 is 0 Å². The van der Waals surface area contributed by atoms with E-state index in [1.165, 1.54) is 11.0 Å². The number of para-hydroxylation sites is 1. The first kappa shape index (κ1) is 17.2. The molecule has 1 aromatic heterocycles. The number of pyridine rings is 1. The number of thioether (sulfide) groups is 1. The van der Waals surface area contributed by atoms with Crippen LogP contribution in [0.4, 0.5) is 5.69 Å². The van der Waals surface area contributed by atoms with Gasteiger partial charge in [0.2, 0.25) is 0 Å². The third-order valence-corrected chi connectivity index (χ3v) is 5.35. The number of hydrogen-bond donors (Lipinski definition) is 0. The molecule has 0 fully saturated rings. The van der Waals surface area contributed by atoms with Gasteiger partial charge in [0.1, 0.15) is 0 Å². The number of nitro groups is 1. The number of nitro benzene ring substituents is 1. The largest absolute Gasteiger partial charge is 0.277 e. The minimum absolute atomic E-state index is 0.0971. The fraction of sp³-hybridized carbons (Fsp3) is 0.0455. The molecule has 27 heavy (non-hydrogen) atoms. The monoisotopic (exact) mass is 372 g/mol. The van der Waals surface area contributed by atoms with Gasteiger partial charge in [-0.25, -0.2) is 0 Å². The van der Waals surface area contributed by atoms with Gasteiger partial charge in [-0.05, 0) is 35.6 Å². The Bertz CT molecular complexity index is 1160. The van der Waals surface area contributed by atoms with Gasteiger partial charge in [-0.1, -0.05) is 48.5 Å². The van der Waals surface area contributed by atoms with E-state index in [-0.39, 0.29) is 10.6 Å². The fourth-order valence-corrected chi connectivity index (χ4v) is 3.97. The van der Waals surface area contributed by atoms with Crippen LogP contribution in [-0.4, -0.2) is 16.2 Å². The molecule has 0 saturated heterocycles. The van der Waals surface area contributed by atoms with E-state index < -0.39 is 0 Å². The van der Waals surface area contributed by atoms with Gasteiger partial charge in [0.25, 0.3) is 5.69 Å². The lowest BCUT2D eigenvalue weighted by Crippen LogP contribution is -1.94. The fourth-order valence-electron chi connectivity index (χ4n) is 3.35. The van der Waals surface area contributed by atoms with Crippen LogP contribution in [-0.2, 0) is 0 Å². The molecular formula is C22H16N2O2S. The highest BCUT2D eigenvalue weighted by Gasteiger charge is 2.18. The third-order valence-electron chi connectivity index (χ3n) is 4.56. The van der Waals surface area contributed by atoms with Crippen LogP contribution in [0.15, 0.2) is 83.9 Å². The highest BCUT2D eigenvalue weighted by atomic mass is 32.2. The lowest BCUT2D eigenvalue weighted by molar-refractivity contribution is -0.384. The molecule has 0 N–H and O–H groups in total. The zero-order valence-electron chi connectivity index (χ0n) is 14.6. The van der Waals surface area contributed by atoms with E-state index in [4.69, 9.17) is 0 Å². The Hall–Kier alpha value is -3.18. The van der Waals surface area contributed by atoms with Crippen molar-refractivity contribution in [1.29, 1.82) is 0 Å². The van der Waals surface area contributed by atoms with Crippen LogP contribution in [0.3, 0.4) is 0 Å². The van der Waals surface area contributed by atoms with Crippen molar-refractivity contribution in [3.05, 3.63) is 89.1 Å². The summed E-state index contributed by atoms with van der Waals surface area (Å²) in [5, 5.41) is 12.4. The minimum Gasteiger partial charge on any atom is -0.258 e. The molecule has 0 atom stereocenters. The van der Waals surface area contributed by atoms with E-state index in [2.05, 4.69) is 23.4 Å². The van der Waals surface area contributed by atoms with E-state index in [9.17, 15) is 10.1 Å². The van der Waals surface area contributed by atoms with E-state index in [1.54, 1.807) is 30.1 Å². The van der Waals surface area contributed by atoms with Crippen LogP contribution >= 0.6 is 11.8 Å². The zero-order chi connectivity index (χ0) is 18.8. The summed E-state index contributed by atoms with van der Waals surface area (Å²) in [5.41, 5.74) is 4.50. The standard InChI is InChI=1S/C22H16N2O2S/c1-27-21-11-5-3-8-17(21)19-13-12-15(18-9-6-14-23-22(18)19)16-7-2-4-10-20(16)24(25)26/h2-14H,1H3. The molecule has 0 aliphatic heterocycles. The second-order valence-corrected chi connectivity index (χ2v) is 6.88. The molecule has 5 heteroatoms. The molecule has 0 spiro atoms. The highest BCUT2D eigenvalue weighted by Crippen LogP contribution is 2.40. The molecule has 1 heterocycles. The normalized spacial score (nSPS) is 10.9. The number of rotatable bonds is 4. The van der Waals surface area contributed by atoms with Crippen molar-refractivity contribution in [2.24, 2.45) is 0 Å². The minimum atomic E-state index is -0.339. The average molecular weight is 372 g/mol. The molecule has 0 bridgehead atoms. The smallest absolute Gasteiger partial charge is 0.258 e. The topological polar surface area (TPSA) is 56.0 Å². The maximum Gasteiger partial charge on any atom is 0.277 e. The van der Waals surface area contributed by atoms with Gasteiger partial charge in [-0.2, -0.15) is 0 Å². The van der Waals surface area contributed by atoms with Crippen LogP contribution in [0.2, 0.25) is 0 Å². The predicted octanol–water partition coefficient (Wildman–Crippen LogP) is 6.20. The Labute approximate surface area is 161 Å². The summed E-state index contributed by atoms with van der Waals surface area (Å²) in [5.74, 6) is 0. The molecule has 0 unspecified atom stereocenters. The summed E-state index contributed by atoms with van der Waals surface area (Å²) in [6.07, 6.45) is 3.81. The first-order chi connectivity index (χ1) is 13.2. The predicted molar refractivity (Wildman–Crippen MR) is 111 cm³/mol. The number of benzene rings is 3. The van der Waals surface area contributed by atoms with Crippen molar-refractivity contribution < 1.29 is 4.92 Å². The molecule has 3 aromatic carbocycles. The quantitative estimate of drug-likeness (QED) is 0.243. The second kappa shape index (κ2) is 7.21. The first-order valence-corrected chi connectivity index (χ1v) is 9.68. The van der Waals surface area contributed by atoms with Crippen molar-refractivity contribution in [3.8, 4) is 22.3 Å². The molecule has 0 amide bonds. The van der Waals surface area contributed by atoms with Crippen LogP contribution in [0, 0.1) is 10.1 Å². The van der Waals surface area contributed by atoms with Gasteiger partial charge in [-0.15, -0.1) is 11.8 Å². The SMILES string of the molecule is CSc1ccccc1-c1ccc(-c2ccccc2[N+](=O)[O-])c2cccnc12. The number of fused-ring (bicyclic) bond motifs is 1. The summed E-state index contributed by atoms with van der Waals surface area (Å²) < 4.78 is 0. The van der Waals surface area contributed by atoms with Gasteiger partial charge in [0.05, 0.1) is 16.0 Å². The Morgan fingerprint density at radius 2 is 1.52 bits per heavy atom. The molecule has 0 saturated carbocycles. The maximum absolute atomic E-state index is 11.5. The summed E-state index contributed by atoms with van der Waals surface area (Å²) in [6, 6.07) is 22.8. The van der Waals surface area contributed by atoms with Crippen LogP contribution in [0.1, 0.15) is 0 Å². The molecule has 132 valence electrons. The van der Waals surface area contributed by atoms with Crippen molar-refractivity contribution in [3.63, 3.8) is 0 Å². The Balaban J connectivity index is 2.02. The van der Waals surface area contributed by atoms with Gasteiger partial charge in [0, 0.05) is 28.1 Å². The van der Waals surface area contributed by atoms with Crippen molar-refractivity contribution in [2.75, 3.05) is 6.26 Å². The van der Waals surface area contributed by atoms with E-state index in [0.29, 0.717) is 5.56 Å². The van der Waals surface area contributed by atoms with Crippen molar-refractivity contribution in [1.82, 2.24) is 4.98 Å². The number of hydrogen-bond acceptors (Lipinski definition) is 4. The van der Waals surface area contributed by atoms with E-state index in [1.807, 2.05) is 42.5 Å². The van der Waals surface area contributed by atoms with Gasteiger partial charge in [-0.3, -0.25) is 15.1 Å². The van der Waals surface area contributed by atoms with Crippen molar-refractivity contribution in [2.45, 2.75) is 4.90 Å².